The summed E-state index contributed by atoms with van der Waals surface area (Å²) in [6.45, 7) is 3.83. The number of nitrogens with zero attached hydrogens (tertiary/aromatic N) is 4. The van der Waals surface area contributed by atoms with Gasteiger partial charge in [0.15, 0.2) is 11.5 Å². The molecule has 0 atom stereocenters. The molecule has 1 aliphatic rings. The number of alkyl halides is 3. The van der Waals surface area contributed by atoms with E-state index in [1.165, 1.54) is 25.0 Å². The number of likely N-dealkylation sites (tertiary alicyclic amines) is 1. The summed E-state index contributed by atoms with van der Waals surface area (Å²) in [5.74, 6) is 0.889. The molecule has 0 bridgehead atoms. The number of pyridine rings is 1. The summed E-state index contributed by atoms with van der Waals surface area (Å²) < 4.78 is 72.7. The van der Waals surface area contributed by atoms with E-state index in [4.69, 9.17) is 4.74 Å². The Kier molecular flexibility index (Phi) is 7.26. The summed E-state index contributed by atoms with van der Waals surface area (Å²) in [4.78, 5) is 6.96. The monoisotopic (exact) mass is 546 g/mol. The van der Waals surface area contributed by atoms with Crippen molar-refractivity contribution in [3.63, 3.8) is 0 Å². The lowest BCUT2D eigenvalue weighted by Crippen LogP contribution is -2.28. The molecule has 38 heavy (non-hydrogen) atoms. The van der Waals surface area contributed by atoms with Crippen LogP contribution in [-0.2, 0) is 16.5 Å². The van der Waals surface area contributed by atoms with Gasteiger partial charge in [0.25, 0.3) is 0 Å². The molecule has 0 N–H and O–H groups in total. The van der Waals surface area contributed by atoms with E-state index in [2.05, 4.69) is 19.2 Å². The van der Waals surface area contributed by atoms with Gasteiger partial charge in [-0.3, -0.25) is 4.90 Å². The van der Waals surface area contributed by atoms with Crippen LogP contribution in [0.15, 0.2) is 66.7 Å². The third-order valence-electron chi connectivity index (χ3n) is 6.18. The van der Waals surface area contributed by atoms with Gasteiger partial charge in [-0.05, 0) is 67.9 Å². The zero-order chi connectivity index (χ0) is 26.8. The third kappa shape index (κ3) is 5.91. The second kappa shape index (κ2) is 10.6. The van der Waals surface area contributed by atoms with Gasteiger partial charge in [0, 0.05) is 18.5 Å². The van der Waals surface area contributed by atoms with Crippen LogP contribution in [0.2, 0.25) is 0 Å². The Morgan fingerprint density at radius 1 is 0.921 bits per heavy atom. The van der Waals surface area contributed by atoms with Crippen molar-refractivity contribution in [3.05, 3.63) is 78.1 Å². The van der Waals surface area contributed by atoms with Crippen LogP contribution in [0.4, 0.5) is 13.2 Å². The Morgan fingerprint density at radius 2 is 1.66 bits per heavy atom. The van der Waals surface area contributed by atoms with E-state index < -0.39 is 21.4 Å². The first kappa shape index (κ1) is 26.0. The van der Waals surface area contributed by atoms with E-state index in [0.29, 0.717) is 35.8 Å². The van der Waals surface area contributed by atoms with Crippen molar-refractivity contribution < 1.29 is 30.5 Å². The van der Waals surface area contributed by atoms with Crippen molar-refractivity contribution in [2.24, 2.45) is 0 Å². The van der Waals surface area contributed by atoms with Gasteiger partial charge in [-0.25, -0.2) is 9.50 Å². The molecule has 0 spiro atoms. The van der Waals surface area contributed by atoms with E-state index in [1.54, 1.807) is 28.8 Å². The minimum Gasteiger partial charge on any atom is -0.492 e. The highest BCUT2D eigenvalue weighted by Gasteiger charge is 2.48. The van der Waals surface area contributed by atoms with Gasteiger partial charge in [-0.2, -0.15) is 26.7 Å². The van der Waals surface area contributed by atoms with E-state index in [-0.39, 0.29) is 0 Å². The molecule has 1 aliphatic heterocycles. The average Bonchev–Trinajstić information content (AvgIpc) is 3.54. The lowest BCUT2D eigenvalue weighted by Gasteiger charge is -2.14. The lowest BCUT2D eigenvalue weighted by atomic mass is 10.1. The number of ether oxygens (including phenoxy) is 1. The van der Waals surface area contributed by atoms with Gasteiger partial charge in [0.2, 0.25) is 0 Å². The Bertz CT molecular complexity index is 1520. The van der Waals surface area contributed by atoms with Crippen molar-refractivity contribution in [2.75, 3.05) is 26.2 Å². The predicted molar refractivity (Wildman–Crippen MR) is 134 cm³/mol. The number of rotatable bonds is 9. The van der Waals surface area contributed by atoms with Crippen LogP contribution >= 0.6 is 0 Å². The Morgan fingerprint density at radius 3 is 2.39 bits per heavy atom. The fourth-order valence-corrected chi connectivity index (χ4v) is 4.76. The highest BCUT2D eigenvalue weighted by Crippen LogP contribution is 2.30. The second-order valence-electron chi connectivity index (χ2n) is 8.94. The Balaban J connectivity index is 1.30. The van der Waals surface area contributed by atoms with Crippen LogP contribution < -0.4 is 8.92 Å². The molecule has 0 saturated carbocycles. The van der Waals surface area contributed by atoms with Gasteiger partial charge in [-0.1, -0.05) is 30.3 Å². The largest absolute Gasteiger partial charge is 0.534 e. The van der Waals surface area contributed by atoms with Gasteiger partial charge in [0.1, 0.15) is 18.1 Å². The number of aromatic nitrogens is 3. The van der Waals surface area contributed by atoms with Gasteiger partial charge in [0.05, 0.1) is 5.69 Å². The summed E-state index contributed by atoms with van der Waals surface area (Å²) in [7, 11) is -5.78. The zero-order valence-electron chi connectivity index (χ0n) is 20.3. The SMILES string of the molecule is O=S(=O)(Oc1cccc(-c2cccc3nc(Cc4ccc(OCCN5CCCC5)cc4)nn23)c1)C(F)(F)F. The lowest BCUT2D eigenvalue weighted by molar-refractivity contribution is -0.0500. The van der Waals surface area contributed by atoms with Crippen LogP contribution in [-0.4, -0.2) is 59.7 Å². The van der Waals surface area contributed by atoms with E-state index in [1.807, 2.05) is 24.3 Å². The maximum absolute atomic E-state index is 12.7. The molecule has 1 fully saturated rings. The summed E-state index contributed by atoms with van der Waals surface area (Å²) in [5, 5.41) is 4.57. The molecule has 0 aliphatic carbocycles. The molecule has 8 nitrogen and oxygen atoms in total. The summed E-state index contributed by atoms with van der Waals surface area (Å²) in [6, 6.07) is 18.3. The first-order chi connectivity index (χ1) is 18.2. The summed E-state index contributed by atoms with van der Waals surface area (Å²) >= 11 is 0. The van der Waals surface area contributed by atoms with Gasteiger partial charge >= 0.3 is 15.6 Å². The molecule has 200 valence electrons. The number of hydrogen-bond acceptors (Lipinski definition) is 7. The maximum atomic E-state index is 12.7. The fraction of sp³-hybridized carbons (Fsp3) is 0.308. The average molecular weight is 547 g/mol. The van der Waals surface area contributed by atoms with Crippen LogP contribution in [0.1, 0.15) is 24.2 Å². The van der Waals surface area contributed by atoms with Crippen molar-refractivity contribution in [1.82, 2.24) is 19.5 Å². The van der Waals surface area contributed by atoms with E-state index in [0.717, 1.165) is 37.0 Å². The minimum absolute atomic E-state index is 0.414. The van der Waals surface area contributed by atoms with Crippen molar-refractivity contribution in [1.29, 1.82) is 0 Å². The number of halogens is 3. The fourth-order valence-electron chi connectivity index (χ4n) is 4.31. The van der Waals surface area contributed by atoms with Crippen LogP contribution in [0, 0.1) is 0 Å². The smallest absolute Gasteiger partial charge is 0.492 e. The molecular weight excluding hydrogens is 521 g/mol. The third-order valence-corrected chi connectivity index (χ3v) is 7.16. The van der Waals surface area contributed by atoms with E-state index >= 15 is 0 Å². The van der Waals surface area contributed by atoms with Crippen molar-refractivity contribution in [2.45, 2.75) is 24.8 Å². The standard InChI is InChI=1S/C26H25F3N4O4S/c27-26(28,29)38(34,35)37-22-6-3-5-20(18-22)23-7-4-8-25-30-24(31-33(23)25)17-19-9-11-21(12-10-19)36-16-15-32-13-1-2-14-32/h3-12,18H,1-2,13-17H2. The normalized spacial score (nSPS) is 14.7. The Labute approximate surface area is 217 Å². The van der Waals surface area contributed by atoms with Crippen molar-refractivity contribution >= 4 is 15.8 Å². The molecule has 12 heteroatoms. The second-order valence-corrected chi connectivity index (χ2v) is 10.5. The highest BCUT2D eigenvalue weighted by atomic mass is 32.2. The molecule has 2 aromatic heterocycles. The van der Waals surface area contributed by atoms with Gasteiger partial charge < -0.3 is 8.92 Å². The summed E-state index contributed by atoms with van der Waals surface area (Å²) in [6.07, 6.45) is 2.96. The van der Waals surface area contributed by atoms with Crippen molar-refractivity contribution in [3.8, 4) is 22.8 Å². The Hall–Kier alpha value is -3.64. The molecule has 2 aromatic carbocycles. The number of fused-ring (bicyclic) bond motifs is 1. The quantitative estimate of drug-likeness (QED) is 0.222. The topological polar surface area (TPSA) is 86.0 Å². The molecule has 3 heterocycles. The van der Waals surface area contributed by atoms with Crippen LogP contribution in [0.5, 0.6) is 11.5 Å². The first-order valence-electron chi connectivity index (χ1n) is 12.1. The molecule has 0 radical (unpaired) electrons. The molecule has 1 saturated heterocycles. The zero-order valence-corrected chi connectivity index (χ0v) is 21.1. The molecular formula is C26H25F3N4O4S. The number of benzene rings is 2. The first-order valence-corrected chi connectivity index (χ1v) is 13.5. The highest BCUT2D eigenvalue weighted by molar-refractivity contribution is 7.88. The van der Waals surface area contributed by atoms with E-state index in [9.17, 15) is 21.6 Å². The number of hydrogen-bond donors (Lipinski definition) is 0. The van der Waals surface area contributed by atoms with Crippen LogP contribution in [0.25, 0.3) is 16.9 Å². The van der Waals surface area contributed by atoms with Gasteiger partial charge in [-0.15, -0.1) is 0 Å². The molecule has 5 rings (SSSR count). The summed E-state index contributed by atoms with van der Waals surface area (Å²) in [5.41, 5.74) is -3.08. The predicted octanol–water partition coefficient (Wildman–Crippen LogP) is 4.69. The molecule has 4 aromatic rings. The maximum Gasteiger partial charge on any atom is 0.534 e. The molecule has 0 amide bonds. The van der Waals surface area contributed by atoms with Crippen LogP contribution in [0.3, 0.4) is 0 Å². The minimum atomic E-state index is -5.78. The molecule has 0 unspecified atom stereocenters.